The van der Waals surface area contributed by atoms with Crippen LogP contribution < -0.4 is 0 Å². The molecule has 1 rings (SSSR count). The summed E-state index contributed by atoms with van der Waals surface area (Å²) in [5.41, 5.74) is 0.0617. The van der Waals surface area contributed by atoms with Gasteiger partial charge in [0.1, 0.15) is 12.4 Å². The molecule has 0 bridgehead atoms. The van der Waals surface area contributed by atoms with Crippen LogP contribution in [0.25, 0.3) is 0 Å². The minimum absolute atomic E-state index is 0.0617. The molecule has 0 amide bonds. The average Bonchev–Trinajstić information content (AvgIpc) is 2.55. The van der Waals surface area contributed by atoms with Crippen molar-refractivity contribution in [1.82, 2.24) is 0 Å². The summed E-state index contributed by atoms with van der Waals surface area (Å²) < 4.78 is 81.3. The van der Waals surface area contributed by atoms with E-state index in [1.807, 2.05) is 0 Å². The third kappa shape index (κ3) is 3.89. The first-order valence-corrected chi connectivity index (χ1v) is 5.00. The first kappa shape index (κ1) is 16.3. The Morgan fingerprint density at radius 1 is 1.30 bits per heavy atom. The molecule has 0 unspecified atom stereocenters. The van der Waals surface area contributed by atoms with Crippen molar-refractivity contribution in [2.24, 2.45) is 0 Å². The number of halogens is 6. The lowest BCUT2D eigenvalue weighted by molar-refractivity contribution is -0.325. The normalized spacial score (nSPS) is 13.0. The predicted molar refractivity (Wildman–Crippen MR) is 51.1 cm³/mol. The van der Waals surface area contributed by atoms with E-state index in [0.717, 1.165) is 6.07 Å². The molecule has 20 heavy (non-hydrogen) atoms. The maximum absolute atomic E-state index is 12.2. The summed E-state index contributed by atoms with van der Waals surface area (Å²) in [6.07, 6.45) is -15.2. The van der Waals surface area contributed by atoms with Crippen LogP contribution in [0.4, 0.5) is 26.3 Å². The molecule has 0 fully saturated rings. The van der Waals surface area contributed by atoms with E-state index in [9.17, 15) is 31.1 Å². The number of carboxylic acid groups (broad SMARTS) is 1. The largest absolute Gasteiger partial charge is 0.475 e. The van der Waals surface area contributed by atoms with Crippen molar-refractivity contribution in [1.29, 1.82) is 0 Å². The zero-order chi connectivity index (χ0) is 15.7. The Hall–Kier alpha value is -1.71. The molecule has 0 atom stereocenters. The van der Waals surface area contributed by atoms with E-state index in [1.54, 1.807) is 0 Å². The van der Waals surface area contributed by atoms with Gasteiger partial charge in [0.05, 0.1) is 0 Å². The SMILES string of the molecule is Cc1cc(COC(C(F)(F)F)C(F)(F)F)oc1C(=O)O. The van der Waals surface area contributed by atoms with Crippen molar-refractivity contribution in [2.45, 2.75) is 32.0 Å². The van der Waals surface area contributed by atoms with Crippen molar-refractivity contribution >= 4 is 5.97 Å². The molecule has 10 heteroatoms. The van der Waals surface area contributed by atoms with Crippen molar-refractivity contribution in [3.63, 3.8) is 0 Å². The zero-order valence-electron chi connectivity index (χ0n) is 9.80. The molecule has 114 valence electrons. The quantitative estimate of drug-likeness (QED) is 0.867. The number of furan rings is 1. The van der Waals surface area contributed by atoms with Gasteiger partial charge in [-0.1, -0.05) is 0 Å². The van der Waals surface area contributed by atoms with Crippen molar-refractivity contribution in [3.05, 3.63) is 23.2 Å². The van der Waals surface area contributed by atoms with Crippen LogP contribution in [0.2, 0.25) is 0 Å². The van der Waals surface area contributed by atoms with E-state index < -0.39 is 42.6 Å². The van der Waals surface area contributed by atoms with Crippen molar-refractivity contribution in [3.8, 4) is 0 Å². The molecule has 1 aromatic rings. The van der Waals surface area contributed by atoms with Crippen LogP contribution >= 0.6 is 0 Å². The van der Waals surface area contributed by atoms with Gasteiger partial charge in [0.2, 0.25) is 11.9 Å². The van der Waals surface area contributed by atoms with Crippen LogP contribution in [-0.2, 0) is 11.3 Å². The second-order valence-electron chi connectivity index (χ2n) is 3.80. The Kier molecular flexibility index (Phi) is 4.37. The predicted octanol–water partition coefficient (Wildman–Crippen LogP) is 3.30. The Bertz CT molecular complexity index is 473. The van der Waals surface area contributed by atoms with E-state index in [0.29, 0.717) is 0 Å². The number of aromatic carboxylic acids is 1. The molecule has 0 radical (unpaired) electrons. The molecular formula is C10H8F6O4. The van der Waals surface area contributed by atoms with Gasteiger partial charge < -0.3 is 14.3 Å². The third-order valence-corrected chi connectivity index (χ3v) is 2.15. The molecule has 0 spiro atoms. The van der Waals surface area contributed by atoms with E-state index in [4.69, 9.17) is 5.11 Å². The van der Waals surface area contributed by atoms with Crippen LogP contribution in [0, 0.1) is 6.92 Å². The van der Waals surface area contributed by atoms with Crippen LogP contribution in [0.3, 0.4) is 0 Å². The van der Waals surface area contributed by atoms with Gasteiger partial charge in [0, 0.05) is 5.56 Å². The van der Waals surface area contributed by atoms with E-state index in [2.05, 4.69) is 9.15 Å². The minimum Gasteiger partial charge on any atom is -0.475 e. The number of ether oxygens (including phenoxy) is 1. The van der Waals surface area contributed by atoms with Gasteiger partial charge in [-0.3, -0.25) is 0 Å². The van der Waals surface area contributed by atoms with E-state index in [-0.39, 0.29) is 5.56 Å². The second-order valence-corrected chi connectivity index (χ2v) is 3.80. The van der Waals surface area contributed by atoms with Crippen molar-refractivity contribution in [2.75, 3.05) is 0 Å². The number of alkyl halides is 6. The third-order valence-electron chi connectivity index (χ3n) is 2.15. The Labute approximate surface area is 107 Å². The highest BCUT2D eigenvalue weighted by Gasteiger charge is 2.58. The highest BCUT2D eigenvalue weighted by Crippen LogP contribution is 2.36. The van der Waals surface area contributed by atoms with Gasteiger partial charge in [0.15, 0.2) is 0 Å². The summed E-state index contributed by atoms with van der Waals surface area (Å²) in [6.45, 7) is 0.124. The highest BCUT2D eigenvalue weighted by atomic mass is 19.4. The van der Waals surface area contributed by atoms with Crippen LogP contribution in [0.15, 0.2) is 10.5 Å². The summed E-state index contributed by atoms with van der Waals surface area (Å²) in [6, 6.07) is 0.993. The lowest BCUT2D eigenvalue weighted by Crippen LogP contribution is -2.44. The number of hydrogen-bond donors (Lipinski definition) is 1. The highest BCUT2D eigenvalue weighted by molar-refractivity contribution is 5.86. The second kappa shape index (κ2) is 5.35. The molecule has 0 aliphatic heterocycles. The molecular weight excluding hydrogens is 298 g/mol. The molecule has 1 heterocycles. The first-order valence-electron chi connectivity index (χ1n) is 5.00. The summed E-state index contributed by atoms with van der Waals surface area (Å²) in [5.74, 6) is -2.51. The Balaban J connectivity index is 2.84. The maximum Gasteiger partial charge on any atom is 0.423 e. The van der Waals surface area contributed by atoms with E-state index >= 15 is 0 Å². The molecule has 0 saturated heterocycles. The zero-order valence-corrected chi connectivity index (χ0v) is 9.80. The number of aryl methyl sites for hydroxylation is 1. The fourth-order valence-corrected chi connectivity index (χ4v) is 1.37. The summed E-state index contributed by atoms with van der Waals surface area (Å²) in [7, 11) is 0. The maximum atomic E-state index is 12.2. The smallest absolute Gasteiger partial charge is 0.423 e. The molecule has 4 nitrogen and oxygen atoms in total. The summed E-state index contributed by atoms with van der Waals surface area (Å²) in [5, 5.41) is 8.62. The van der Waals surface area contributed by atoms with Crippen LogP contribution in [0.5, 0.6) is 0 Å². The molecule has 0 saturated carbocycles. The standard InChI is InChI=1S/C10H8F6O4/c1-4-2-5(20-6(4)7(17)18)3-19-8(9(11,12)13)10(14,15)16/h2,8H,3H2,1H3,(H,17,18). The molecule has 0 aliphatic carbocycles. The van der Waals surface area contributed by atoms with Crippen LogP contribution in [0.1, 0.15) is 21.9 Å². The number of rotatable bonds is 4. The molecule has 1 N–H and O–H groups in total. The molecule has 0 aromatic carbocycles. The van der Waals surface area contributed by atoms with Gasteiger partial charge in [-0.15, -0.1) is 0 Å². The number of hydrogen-bond acceptors (Lipinski definition) is 3. The summed E-state index contributed by atoms with van der Waals surface area (Å²) in [4.78, 5) is 10.6. The van der Waals surface area contributed by atoms with Gasteiger partial charge in [-0.2, -0.15) is 26.3 Å². The van der Waals surface area contributed by atoms with Gasteiger partial charge in [-0.05, 0) is 13.0 Å². The Morgan fingerprint density at radius 3 is 2.15 bits per heavy atom. The number of carbonyl (C=O) groups is 1. The fraction of sp³-hybridized carbons (Fsp3) is 0.500. The number of carboxylic acids is 1. The topological polar surface area (TPSA) is 59.7 Å². The molecule has 0 aliphatic rings. The van der Waals surface area contributed by atoms with Crippen molar-refractivity contribution < 1.29 is 45.4 Å². The van der Waals surface area contributed by atoms with Gasteiger partial charge >= 0.3 is 18.3 Å². The fourth-order valence-electron chi connectivity index (χ4n) is 1.37. The summed E-state index contributed by atoms with van der Waals surface area (Å²) >= 11 is 0. The van der Waals surface area contributed by atoms with Gasteiger partial charge in [-0.25, -0.2) is 4.79 Å². The lowest BCUT2D eigenvalue weighted by atomic mass is 10.2. The van der Waals surface area contributed by atoms with E-state index in [1.165, 1.54) is 6.92 Å². The molecule has 1 aromatic heterocycles. The van der Waals surface area contributed by atoms with Crippen LogP contribution in [-0.4, -0.2) is 29.5 Å². The minimum atomic E-state index is -5.63. The average molecular weight is 306 g/mol. The van der Waals surface area contributed by atoms with Gasteiger partial charge in [0.25, 0.3) is 0 Å². The monoisotopic (exact) mass is 306 g/mol. The Morgan fingerprint density at radius 2 is 1.80 bits per heavy atom. The lowest BCUT2D eigenvalue weighted by Gasteiger charge is -2.22. The first-order chi connectivity index (χ1) is 8.93.